The molecule has 2 aliphatic heterocycles. The van der Waals surface area contributed by atoms with Gasteiger partial charge < -0.3 is 13.9 Å². The third-order valence-electron chi connectivity index (χ3n) is 5.20. The predicted molar refractivity (Wildman–Crippen MR) is 107 cm³/mol. The van der Waals surface area contributed by atoms with Crippen molar-refractivity contribution in [3.8, 4) is 11.5 Å². The van der Waals surface area contributed by atoms with Crippen molar-refractivity contribution in [1.29, 1.82) is 0 Å². The lowest BCUT2D eigenvalue weighted by Gasteiger charge is -2.38. The van der Waals surface area contributed by atoms with E-state index < -0.39 is 6.23 Å². The highest BCUT2D eigenvalue weighted by molar-refractivity contribution is 6.31. The third kappa shape index (κ3) is 2.66. The third-order valence-corrected chi connectivity index (χ3v) is 5.54. The molecule has 2 aliphatic rings. The molecule has 1 aromatic heterocycles. The summed E-state index contributed by atoms with van der Waals surface area (Å²) in [7, 11) is 1.65. The molecule has 2 aromatic carbocycles. The maximum absolute atomic E-state index is 6.50. The molecule has 5 nitrogen and oxygen atoms in total. The van der Waals surface area contributed by atoms with Crippen LogP contribution in [0.4, 0.5) is 0 Å². The number of benzene rings is 2. The number of fused-ring (bicyclic) bond motifs is 3. The Morgan fingerprint density at radius 2 is 1.89 bits per heavy atom. The van der Waals surface area contributed by atoms with Crippen LogP contribution in [-0.4, -0.2) is 17.8 Å². The second-order valence-corrected chi connectivity index (χ2v) is 7.33. The van der Waals surface area contributed by atoms with Crippen LogP contribution in [0.5, 0.6) is 11.5 Å². The maximum atomic E-state index is 6.50. The molecule has 0 aliphatic carbocycles. The molecular weight excluding hydrogens is 376 g/mol. The molecule has 0 radical (unpaired) electrons. The van der Waals surface area contributed by atoms with Gasteiger partial charge in [0.2, 0.25) is 6.23 Å². The van der Waals surface area contributed by atoms with Gasteiger partial charge in [-0.05, 0) is 31.2 Å². The first kappa shape index (κ1) is 17.2. The first-order valence-electron chi connectivity index (χ1n) is 9.16. The van der Waals surface area contributed by atoms with Crippen molar-refractivity contribution in [2.75, 3.05) is 7.11 Å². The van der Waals surface area contributed by atoms with Crippen LogP contribution in [-0.2, 0) is 0 Å². The van der Waals surface area contributed by atoms with Crippen LogP contribution in [0.15, 0.2) is 64.1 Å². The molecule has 28 heavy (non-hydrogen) atoms. The van der Waals surface area contributed by atoms with Crippen LogP contribution in [0.2, 0.25) is 5.02 Å². The van der Waals surface area contributed by atoms with Crippen LogP contribution >= 0.6 is 11.6 Å². The average molecular weight is 395 g/mol. The summed E-state index contributed by atoms with van der Waals surface area (Å²) in [6, 6.07) is 17.6. The molecule has 3 aromatic rings. The normalized spacial score (nSPS) is 20.2. The Morgan fingerprint density at radius 3 is 2.64 bits per heavy atom. The molecule has 2 atom stereocenters. The number of aryl methyl sites for hydroxylation is 1. The van der Waals surface area contributed by atoms with Gasteiger partial charge in [-0.1, -0.05) is 41.9 Å². The van der Waals surface area contributed by atoms with E-state index in [1.807, 2.05) is 60.5 Å². The lowest BCUT2D eigenvalue weighted by atomic mass is 9.97. The topological polar surface area (TPSA) is 47.2 Å². The van der Waals surface area contributed by atoms with Gasteiger partial charge >= 0.3 is 0 Å². The van der Waals surface area contributed by atoms with E-state index in [2.05, 4.69) is 6.07 Å². The molecule has 0 spiro atoms. The van der Waals surface area contributed by atoms with Gasteiger partial charge in [0.05, 0.1) is 13.2 Å². The summed E-state index contributed by atoms with van der Waals surface area (Å²) >= 11 is 6.50. The van der Waals surface area contributed by atoms with Gasteiger partial charge in [-0.2, -0.15) is 5.10 Å². The smallest absolute Gasteiger partial charge is 0.215 e. The van der Waals surface area contributed by atoms with Crippen LogP contribution < -0.4 is 9.47 Å². The Labute approximate surface area is 168 Å². The first-order chi connectivity index (χ1) is 13.7. The van der Waals surface area contributed by atoms with E-state index in [9.17, 15) is 0 Å². The van der Waals surface area contributed by atoms with Crippen molar-refractivity contribution >= 4 is 17.3 Å². The average Bonchev–Trinajstić information content (AvgIpc) is 3.34. The molecule has 0 saturated carbocycles. The van der Waals surface area contributed by atoms with E-state index in [1.165, 1.54) is 0 Å². The Hall–Kier alpha value is -2.92. The van der Waals surface area contributed by atoms with E-state index in [1.54, 1.807) is 7.11 Å². The number of ether oxygens (including phenoxy) is 2. The second-order valence-electron chi connectivity index (χ2n) is 6.93. The van der Waals surface area contributed by atoms with E-state index in [4.69, 9.17) is 30.6 Å². The second kappa shape index (κ2) is 6.60. The van der Waals surface area contributed by atoms with Gasteiger partial charge in [-0.3, -0.25) is 0 Å². The summed E-state index contributed by atoms with van der Waals surface area (Å²) < 4.78 is 17.8. The summed E-state index contributed by atoms with van der Waals surface area (Å²) in [5.41, 5.74) is 2.81. The van der Waals surface area contributed by atoms with Gasteiger partial charge in [0.25, 0.3) is 0 Å². The minimum Gasteiger partial charge on any atom is -0.493 e. The fourth-order valence-corrected chi connectivity index (χ4v) is 4.09. The fourth-order valence-electron chi connectivity index (χ4n) is 3.86. The molecule has 0 amide bonds. The number of hydrogen-bond donors (Lipinski definition) is 0. The van der Waals surface area contributed by atoms with Crippen molar-refractivity contribution in [3.05, 3.63) is 82.3 Å². The van der Waals surface area contributed by atoms with Gasteiger partial charge in [0.15, 0.2) is 11.5 Å². The van der Waals surface area contributed by atoms with Gasteiger partial charge in [0.1, 0.15) is 17.2 Å². The zero-order valence-corrected chi connectivity index (χ0v) is 16.3. The zero-order chi connectivity index (χ0) is 19.3. The molecule has 142 valence electrons. The predicted octanol–water partition coefficient (Wildman–Crippen LogP) is 5.49. The monoisotopic (exact) mass is 394 g/mol. The number of halogens is 1. The summed E-state index contributed by atoms with van der Waals surface area (Å²) in [6.45, 7) is 1.93. The minimum atomic E-state index is -0.448. The van der Waals surface area contributed by atoms with E-state index in [-0.39, 0.29) is 6.04 Å². The Morgan fingerprint density at radius 1 is 1.07 bits per heavy atom. The molecule has 0 fully saturated rings. The Balaban J connectivity index is 1.65. The molecule has 5 rings (SSSR count). The quantitative estimate of drug-likeness (QED) is 0.589. The molecule has 0 bridgehead atoms. The Bertz CT molecular complexity index is 1080. The number of furan rings is 1. The number of methoxy groups -OCH3 is 1. The largest absolute Gasteiger partial charge is 0.493 e. The lowest BCUT2D eigenvalue weighted by Crippen LogP contribution is -2.34. The summed E-state index contributed by atoms with van der Waals surface area (Å²) in [6.07, 6.45) is 0.272. The zero-order valence-electron chi connectivity index (χ0n) is 15.6. The number of hydrogen-bond acceptors (Lipinski definition) is 5. The standard InChI is InChI=1S/C22H19ClN2O3/c1-13-10-11-19(27-13)17-12-18-15-7-5-9-20(26-2)21(15)28-22(25(18)24-17)14-6-3-4-8-16(14)23/h3-11,18,22H,12H2,1-2H3/t18-,22+/m0/s1. The number of rotatable bonds is 3. The van der Waals surface area contributed by atoms with Crippen molar-refractivity contribution < 1.29 is 13.9 Å². The molecular formula is C22H19ClN2O3. The van der Waals surface area contributed by atoms with E-state index in [0.717, 1.165) is 40.5 Å². The van der Waals surface area contributed by atoms with Crippen LogP contribution in [0, 0.1) is 6.92 Å². The van der Waals surface area contributed by atoms with Crippen LogP contribution in [0.3, 0.4) is 0 Å². The molecule has 0 N–H and O–H groups in total. The van der Waals surface area contributed by atoms with E-state index in [0.29, 0.717) is 10.8 Å². The van der Waals surface area contributed by atoms with Crippen molar-refractivity contribution in [2.24, 2.45) is 5.10 Å². The summed E-state index contributed by atoms with van der Waals surface area (Å²) in [5.74, 6) is 3.09. The molecule has 3 heterocycles. The molecule has 0 saturated heterocycles. The molecule has 6 heteroatoms. The van der Waals surface area contributed by atoms with E-state index >= 15 is 0 Å². The van der Waals surface area contributed by atoms with Crippen LogP contribution in [0.1, 0.15) is 41.3 Å². The first-order valence-corrected chi connectivity index (χ1v) is 9.54. The van der Waals surface area contributed by atoms with Crippen LogP contribution in [0.25, 0.3) is 0 Å². The number of hydrazone groups is 1. The number of para-hydroxylation sites is 1. The summed E-state index contributed by atoms with van der Waals surface area (Å²) in [4.78, 5) is 0. The van der Waals surface area contributed by atoms with Gasteiger partial charge in [-0.25, -0.2) is 5.01 Å². The minimum absolute atomic E-state index is 0.0144. The van der Waals surface area contributed by atoms with Gasteiger partial charge in [0, 0.05) is 22.6 Å². The fraction of sp³-hybridized carbons (Fsp3) is 0.227. The molecule has 0 unspecified atom stereocenters. The lowest BCUT2D eigenvalue weighted by molar-refractivity contribution is -0.0208. The SMILES string of the molecule is COc1cccc2c1O[C@H](c1ccccc1Cl)N1N=C(c3ccc(C)o3)C[C@@H]21. The van der Waals surface area contributed by atoms with Crippen molar-refractivity contribution in [2.45, 2.75) is 25.6 Å². The van der Waals surface area contributed by atoms with Crippen molar-refractivity contribution in [3.63, 3.8) is 0 Å². The summed E-state index contributed by atoms with van der Waals surface area (Å²) in [5, 5.41) is 7.50. The Kier molecular flexibility index (Phi) is 4.05. The van der Waals surface area contributed by atoms with Crippen molar-refractivity contribution in [1.82, 2.24) is 5.01 Å². The highest BCUT2D eigenvalue weighted by atomic mass is 35.5. The number of nitrogens with zero attached hydrogens (tertiary/aromatic N) is 2. The maximum Gasteiger partial charge on any atom is 0.215 e. The highest BCUT2D eigenvalue weighted by Crippen LogP contribution is 2.51. The van der Waals surface area contributed by atoms with Gasteiger partial charge in [-0.15, -0.1) is 0 Å². The highest BCUT2D eigenvalue weighted by Gasteiger charge is 2.43.